The molecule has 0 aliphatic heterocycles. The fourth-order valence-electron chi connectivity index (χ4n) is 2.01. The third kappa shape index (κ3) is 47.3. The van der Waals surface area contributed by atoms with Gasteiger partial charge in [-0.15, -0.1) is 0 Å². The molecule has 2 atom stereocenters. The molecule has 0 bridgehead atoms. The van der Waals surface area contributed by atoms with Gasteiger partial charge in [-0.1, -0.05) is 0 Å². The second-order valence-corrected chi connectivity index (χ2v) is 33.7. The zero-order valence-electron chi connectivity index (χ0n) is 23.0. The normalized spacial score (nSPS) is 14.2. The first-order valence-corrected chi connectivity index (χ1v) is 27.2. The second-order valence-electron chi connectivity index (χ2n) is 9.90. The molecule has 0 saturated heterocycles. The van der Waals surface area contributed by atoms with Crippen LogP contribution >= 0.6 is 28.0 Å². The zero-order chi connectivity index (χ0) is 29.3. The number of rotatable bonds is 11. The van der Waals surface area contributed by atoms with E-state index in [9.17, 15) is 0 Å². The van der Waals surface area contributed by atoms with E-state index < -0.39 is 28.0 Å². The first-order chi connectivity index (χ1) is 15.3. The van der Waals surface area contributed by atoms with Crippen molar-refractivity contribution < 1.29 is 91.5 Å². The number of hydrogen-bond donors (Lipinski definition) is 3. The second kappa shape index (κ2) is 22.8. The predicted molar refractivity (Wildman–Crippen MR) is 164 cm³/mol. The molecule has 0 amide bonds. The first-order valence-electron chi connectivity index (χ1n) is 10.2. The molecule has 0 aromatic rings. The van der Waals surface area contributed by atoms with Gasteiger partial charge in [0.25, 0.3) is 0 Å². The van der Waals surface area contributed by atoms with Crippen LogP contribution in [0.3, 0.4) is 0 Å². The molecule has 0 aliphatic carbocycles. The fourth-order valence-corrected chi connectivity index (χ4v) is 19.4. The molecule has 0 aromatic heterocycles. The van der Waals surface area contributed by atoms with Crippen LogP contribution in [-0.2, 0) is 91.5 Å². The standard InChI is InChI=1S/C6H13P.3C5H12NOP.4W/c1-5-6-7(2,3)4;1-8(2,3)5-4-7-6;2*1-4-5-8(2,3)7-6;;;;/h2,6H2,1,3-4H3;1,5-6H2,2-3H3;2*2,5-6H2,1,3H3;;;;. The molecule has 0 aliphatic rings. The molecule has 6 nitrogen and oxygen atoms in total. The Bertz CT molecular complexity index is 847. The van der Waals surface area contributed by atoms with E-state index in [4.69, 9.17) is 26.9 Å². The van der Waals surface area contributed by atoms with Gasteiger partial charge in [0.05, 0.1) is 0 Å². The molecule has 14 heteroatoms. The number of nitrogens with two attached hydrogens (primary N) is 3. The Labute approximate surface area is 260 Å². The van der Waals surface area contributed by atoms with Crippen LogP contribution in [0.15, 0.2) is 0 Å². The van der Waals surface area contributed by atoms with E-state index in [0.29, 0.717) is 0 Å². The van der Waals surface area contributed by atoms with E-state index in [0.717, 1.165) is 22.6 Å². The summed E-state index contributed by atoms with van der Waals surface area (Å²) in [5, 5.41) is 0. The maximum atomic E-state index is 5.04. The van der Waals surface area contributed by atoms with Crippen LogP contribution in [0.1, 0.15) is 20.8 Å². The molecular formula is C21H49N3O3P4W4. The topological polar surface area (TPSA) is 106 Å². The Morgan fingerprint density at radius 3 is 0.886 bits per heavy atom. The third-order valence-electron chi connectivity index (χ3n) is 2.96. The van der Waals surface area contributed by atoms with Crippen molar-refractivity contribution in [2.45, 2.75) is 20.8 Å². The third-order valence-corrected chi connectivity index (χ3v) is 14.5. The van der Waals surface area contributed by atoms with Gasteiger partial charge in [-0.05, 0) is 0 Å². The summed E-state index contributed by atoms with van der Waals surface area (Å²) >= 11 is 5.93. The quantitative estimate of drug-likeness (QED) is 0.218. The van der Waals surface area contributed by atoms with Gasteiger partial charge in [0, 0.05) is 0 Å². The minimum atomic E-state index is -1.47. The molecule has 0 radical (unpaired) electrons. The van der Waals surface area contributed by atoms with Crippen molar-refractivity contribution in [3.63, 3.8) is 0 Å². The van der Waals surface area contributed by atoms with Crippen molar-refractivity contribution in [3.8, 4) is 0 Å². The van der Waals surface area contributed by atoms with Gasteiger partial charge >= 0.3 is 264 Å². The van der Waals surface area contributed by atoms with Crippen LogP contribution in [0, 0.1) is 0 Å². The van der Waals surface area contributed by atoms with E-state index >= 15 is 0 Å². The maximum absolute atomic E-state index is 5.04. The van der Waals surface area contributed by atoms with Crippen molar-refractivity contribution in [3.05, 3.63) is 0 Å². The molecular weight excluding hydrogens is 1200 g/mol. The Hall–Kier alpha value is 3.19. The molecule has 0 saturated carbocycles. The zero-order valence-corrected chi connectivity index (χ0v) is 38.3. The van der Waals surface area contributed by atoms with Gasteiger partial charge in [-0.2, -0.15) is 0 Å². The Morgan fingerprint density at radius 2 is 0.829 bits per heavy atom. The van der Waals surface area contributed by atoms with Gasteiger partial charge < -0.3 is 0 Å². The van der Waals surface area contributed by atoms with Crippen LogP contribution in [0.5, 0.6) is 0 Å². The van der Waals surface area contributed by atoms with E-state index in [-0.39, 0.29) is 0 Å². The summed E-state index contributed by atoms with van der Waals surface area (Å²) < 4.78 is 14.9. The van der Waals surface area contributed by atoms with Gasteiger partial charge in [-0.3, -0.25) is 0 Å². The van der Waals surface area contributed by atoms with Crippen molar-refractivity contribution in [2.24, 2.45) is 17.7 Å². The summed E-state index contributed by atoms with van der Waals surface area (Å²) in [5.74, 6) is 15.0. The molecule has 0 spiro atoms. The Kier molecular flexibility index (Phi) is 29.5. The van der Waals surface area contributed by atoms with Gasteiger partial charge in [0.15, 0.2) is 0 Å². The van der Waals surface area contributed by atoms with Crippen molar-refractivity contribution >= 4 is 69.0 Å². The Morgan fingerprint density at radius 1 is 0.571 bits per heavy atom. The van der Waals surface area contributed by atoms with Crippen LogP contribution < -0.4 is 17.7 Å². The van der Waals surface area contributed by atoms with Crippen LogP contribution in [0.2, 0.25) is 0 Å². The Balaban J connectivity index is -0.000000183. The average Bonchev–Trinajstić information content (AvgIpc) is 2.57. The molecule has 0 fully saturated rings. The van der Waals surface area contributed by atoms with E-state index in [1.165, 1.54) is 72.0 Å². The molecule has 35 heavy (non-hydrogen) atoms. The summed E-state index contributed by atoms with van der Waals surface area (Å²) in [6.45, 7) is 17.6. The van der Waals surface area contributed by atoms with Gasteiger partial charge in [0.2, 0.25) is 0 Å². The van der Waals surface area contributed by atoms with Gasteiger partial charge in [-0.25, -0.2) is 0 Å². The number of hydrogen-bond acceptors (Lipinski definition) is 6. The van der Waals surface area contributed by atoms with Crippen molar-refractivity contribution in [2.75, 3.05) is 64.6 Å². The molecule has 2 unspecified atom stereocenters. The van der Waals surface area contributed by atoms with Crippen molar-refractivity contribution in [1.82, 2.24) is 0 Å². The van der Waals surface area contributed by atoms with Crippen LogP contribution in [0.4, 0.5) is 0 Å². The summed E-state index contributed by atoms with van der Waals surface area (Å²) in [6.07, 6.45) is 20.1. The predicted octanol–water partition coefficient (Wildman–Crippen LogP) is 2.92. The van der Waals surface area contributed by atoms with E-state index in [1.807, 2.05) is 13.3 Å². The van der Waals surface area contributed by atoms with Crippen LogP contribution in [-0.4, -0.2) is 106 Å². The molecule has 0 rings (SSSR count). The molecule has 6 N–H and O–H groups in total. The van der Waals surface area contributed by atoms with Gasteiger partial charge in [0.1, 0.15) is 0 Å². The minimum absolute atomic E-state index is 0.738. The summed E-state index contributed by atoms with van der Waals surface area (Å²) in [4.78, 5) is 4.57. The van der Waals surface area contributed by atoms with E-state index in [1.54, 1.807) is 23.3 Å². The average molecular weight is 1250 g/mol. The van der Waals surface area contributed by atoms with E-state index in [2.05, 4.69) is 77.5 Å². The molecule has 0 aromatic carbocycles. The van der Waals surface area contributed by atoms with Crippen molar-refractivity contribution in [1.29, 1.82) is 0 Å². The monoisotopic (exact) mass is 1250 g/mol. The van der Waals surface area contributed by atoms with Crippen LogP contribution in [0.25, 0.3) is 0 Å². The summed E-state index contributed by atoms with van der Waals surface area (Å²) in [6, 6.07) is 0. The fraction of sp³-hybridized carbons (Fsp3) is 0.619. The molecule has 210 valence electrons. The summed E-state index contributed by atoms with van der Waals surface area (Å²) in [7, 11) is -2.94. The molecule has 0 heterocycles. The summed E-state index contributed by atoms with van der Waals surface area (Å²) in [5.41, 5.74) is 0. The SMILES string of the molecule is C=P(C)(C)C[C](=[W])ON.C=P(C)(C)C[C](C)=[W].C=P(C)(C[C](C)=[W])ON.C=P(C)(C[C](C)=[W])ON. The first kappa shape index (κ1) is 45.2.